The van der Waals surface area contributed by atoms with E-state index in [-0.39, 0.29) is 5.91 Å². The van der Waals surface area contributed by atoms with Gasteiger partial charge in [-0.25, -0.2) is 0 Å². The highest BCUT2D eigenvalue weighted by Crippen LogP contribution is 2.22. The fraction of sp³-hybridized carbons (Fsp3) is 0.318. The molecular weight excluding hydrogens is 308 g/mol. The Morgan fingerprint density at radius 1 is 1.04 bits per heavy atom. The molecule has 25 heavy (non-hydrogen) atoms. The van der Waals surface area contributed by atoms with Crippen LogP contribution in [0.25, 0.3) is 10.9 Å². The molecule has 1 heterocycles. The third-order valence-corrected chi connectivity index (χ3v) is 4.80. The summed E-state index contributed by atoms with van der Waals surface area (Å²) in [6.45, 7) is 5.82. The predicted molar refractivity (Wildman–Crippen MR) is 104 cm³/mol. The Morgan fingerprint density at radius 3 is 2.60 bits per heavy atom. The number of aryl methyl sites for hydroxylation is 3. The van der Waals surface area contributed by atoms with Crippen LogP contribution in [0.3, 0.4) is 0 Å². The van der Waals surface area contributed by atoms with Crippen molar-refractivity contribution in [2.45, 2.75) is 46.2 Å². The van der Waals surface area contributed by atoms with Crippen LogP contribution in [0.4, 0.5) is 0 Å². The zero-order valence-electron chi connectivity index (χ0n) is 15.1. The summed E-state index contributed by atoms with van der Waals surface area (Å²) in [6, 6.07) is 16.7. The zero-order chi connectivity index (χ0) is 17.6. The summed E-state index contributed by atoms with van der Waals surface area (Å²) in [7, 11) is 0. The molecule has 3 nitrogen and oxygen atoms in total. The molecule has 3 aromatic rings. The average molecular weight is 334 g/mol. The fourth-order valence-electron chi connectivity index (χ4n) is 3.31. The first-order valence-corrected chi connectivity index (χ1v) is 9.07. The molecule has 0 aliphatic rings. The van der Waals surface area contributed by atoms with E-state index in [0.717, 1.165) is 19.4 Å². The predicted octanol–water partition coefficient (Wildman–Crippen LogP) is 4.61. The van der Waals surface area contributed by atoms with E-state index in [1.165, 1.54) is 27.6 Å². The van der Waals surface area contributed by atoms with Gasteiger partial charge < -0.3 is 9.88 Å². The van der Waals surface area contributed by atoms with Crippen LogP contribution < -0.4 is 5.32 Å². The zero-order valence-corrected chi connectivity index (χ0v) is 15.1. The van der Waals surface area contributed by atoms with Crippen molar-refractivity contribution in [3.63, 3.8) is 0 Å². The number of carbonyl (C=O) groups excluding carboxylic acids is 1. The second-order valence-corrected chi connectivity index (χ2v) is 6.51. The number of nitrogens with zero attached hydrogens (tertiary/aromatic N) is 1. The molecule has 0 fully saturated rings. The molecular formula is C22H26N2O. The molecule has 1 amide bonds. The lowest BCUT2D eigenvalue weighted by atomic mass is 10.1. The normalized spacial score (nSPS) is 11.0. The molecule has 0 aliphatic heterocycles. The fourth-order valence-corrected chi connectivity index (χ4v) is 3.31. The highest BCUT2D eigenvalue weighted by Gasteiger charge is 2.08. The number of benzene rings is 2. The maximum atomic E-state index is 12.1. The molecule has 1 aromatic heterocycles. The number of fused-ring (bicyclic) bond motifs is 1. The number of aromatic nitrogens is 1. The molecule has 0 atom stereocenters. The van der Waals surface area contributed by atoms with Gasteiger partial charge >= 0.3 is 0 Å². The molecule has 1 N–H and O–H groups in total. The molecule has 3 heteroatoms. The lowest BCUT2D eigenvalue weighted by Crippen LogP contribution is -2.22. The van der Waals surface area contributed by atoms with Crippen molar-refractivity contribution in [2.75, 3.05) is 0 Å². The van der Waals surface area contributed by atoms with Gasteiger partial charge in [-0.2, -0.15) is 0 Å². The summed E-state index contributed by atoms with van der Waals surface area (Å²) < 4.78 is 2.28. The summed E-state index contributed by atoms with van der Waals surface area (Å²) in [5, 5.41) is 4.35. The van der Waals surface area contributed by atoms with Crippen LogP contribution in [0.15, 0.2) is 54.7 Å². The minimum absolute atomic E-state index is 0.127. The minimum atomic E-state index is 0.127. The number of carbonyl (C=O) groups is 1. The van der Waals surface area contributed by atoms with Crippen LogP contribution in [0.2, 0.25) is 0 Å². The standard InChI is InChI=1S/C22H26N2O/c1-3-24-16-19(20-12-6-7-13-21(20)24)11-8-14-22(25)23-15-18-10-5-4-9-17(18)2/h4-7,9-10,12-13,16H,3,8,11,14-15H2,1-2H3,(H,23,25). The molecule has 0 bridgehead atoms. The molecule has 0 spiro atoms. The van der Waals surface area contributed by atoms with Crippen molar-refractivity contribution in [1.82, 2.24) is 9.88 Å². The maximum Gasteiger partial charge on any atom is 0.220 e. The highest BCUT2D eigenvalue weighted by atomic mass is 16.1. The molecule has 2 aromatic carbocycles. The number of amides is 1. The molecule has 0 aliphatic carbocycles. The van der Waals surface area contributed by atoms with Crippen molar-refractivity contribution < 1.29 is 4.79 Å². The number of para-hydroxylation sites is 1. The van der Waals surface area contributed by atoms with Gasteiger partial charge in [0.05, 0.1) is 0 Å². The molecule has 0 unspecified atom stereocenters. The Hall–Kier alpha value is -2.55. The van der Waals surface area contributed by atoms with Crippen LogP contribution in [-0.2, 0) is 24.3 Å². The van der Waals surface area contributed by atoms with Crippen LogP contribution in [0, 0.1) is 6.92 Å². The molecule has 0 saturated heterocycles. The van der Waals surface area contributed by atoms with E-state index in [1.54, 1.807) is 0 Å². The third-order valence-electron chi connectivity index (χ3n) is 4.80. The molecule has 3 rings (SSSR count). The SMILES string of the molecule is CCn1cc(CCCC(=O)NCc2ccccc2C)c2ccccc21. The Labute approximate surface area is 149 Å². The second-order valence-electron chi connectivity index (χ2n) is 6.51. The minimum Gasteiger partial charge on any atom is -0.352 e. The Morgan fingerprint density at radius 2 is 1.80 bits per heavy atom. The van der Waals surface area contributed by atoms with E-state index in [0.29, 0.717) is 13.0 Å². The van der Waals surface area contributed by atoms with Gasteiger partial charge in [0, 0.05) is 36.6 Å². The number of rotatable bonds is 7. The number of hydrogen-bond acceptors (Lipinski definition) is 1. The van der Waals surface area contributed by atoms with E-state index in [4.69, 9.17) is 0 Å². The van der Waals surface area contributed by atoms with E-state index < -0.39 is 0 Å². The van der Waals surface area contributed by atoms with Gasteiger partial charge in [0.25, 0.3) is 0 Å². The topological polar surface area (TPSA) is 34.0 Å². The Balaban J connectivity index is 1.53. The van der Waals surface area contributed by atoms with Gasteiger partial charge in [0.2, 0.25) is 5.91 Å². The van der Waals surface area contributed by atoms with Crippen molar-refractivity contribution in [3.8, 4) is 0 Å². The molecule has 130 valence electrons. The number of nitrogens with one attached hydrogen (secondary N) is 1. The summed E-state index contributed by atoms with van der Waals surface area (Å²) in [4.78, 5) is 12.1. The van der Waals surface area contributed by atoms with Gasteiger partial charge in [-0.15, -0.1) is 0 Å². The van der Waals surface area contributed by atoms with Gasteiger partial charge in [0.1, 0.15) is 0 Å². The molecule has 0 radical (unpaired) electrons. The summed E-state index contributed by atoms with van der Waals surface area (Å²) in [6.07, 6.45) is 4.61. The summed E-state index contributed by atoms with van der Waals surface area (Å²) in [5.41, 5.74) is 5.02. The van der Waals surface area contributed by atoms with Crippen LogP contribution >= 0.6 is 0 Å². The third kappa shape index (κ3) is 4.11. The Bertz CT molecular complexity index is 863. The van der Waals surface area contributed by atoms with Gasteiger partial charge in [0.15, 0.2) is 0 Å². The first-order chi connectivity index (χ1) is 12.2. The largest absolute Gasteiger partial charge is 0.352 e. The lowest BCUT2D eigenvalue weighted by Gasteiger charge is -2.07. The average Bonchev–Trinajstić information content (AvgIpc) is 2.99. The first kappa shape index (κ1) is 17.3. The van der Waals surface area contributed by atoms with E-state index in [1.807, 2.05) is 12.1 Å². The van der Waals surface area contributed by atoms with Crippen molar-refractivity contribution in [3.05, 3.63) is 71.4 Å². The van der Waals surface area contributed by atoms with Gasteiger partial charge in [-0.05, 0) is 49.4 Å². The highest BCUT2D eigenvalue weighted by molar-refractivity contribution is 5.84. The second kappa shape index (κ2) is 8.02. The van der Waals surface area contributed by atoms with E-state index in [2.05, 4.69) is 66.3 Å². The van der Waals surface area contributed by atoms with Crippen molar-refractivity contribution in [2.24, 2.45) is 0 Å². The maximum absolute atomic E-state index is 12.1. The Kier molecular flexibility index (Phi) is 5.54. The quantitative estimate of drug-likeness (QED) is 0.673. The monoisotopic (exact) mass is 334 g/mol. The summed E-state index contributed by atoms with van der Waals surface area (Å²) in [5.74, 6) is 0.127. The van der Waals surface area contributed by atoms with E-state index in [9.17, 15) is 4.79 Å². The first-order valence-electron chi connectivity index (χ1n) is 9.07. The van der Waals surface area contributed by atoms with Crippen molar-refractivity contribution in [1.29, 1.82) is 0 Å². The van der Waals surface area contributed by atoms with Crippen LogP contribution in [0.5, 0.6) is 0 Å². The number of hydrogen-bond donors (Lipinski definition) is 1. The van der Waals surface area contributed by atoms with E-state index >= 15 is 0 Å². The van der Waals surface area contributed by atoms with Gasteiger partial charge in [-0.1, -0.05) is 42.5 Å². The van der Waals surface area contributed by atoms with Crippen LogP contribution in [-0.4, -0.2) is 10.5 Å². The molecule has 0 saturated carbocycles. The summed E-state index contributed by atoms with van der Waals surface area (Å²) >= 11 is 0. The smallest absolute Gasteiger partial charge is 0.220 e. The van der Waals surface area contributed by atoms with Crippen LogP contribution in [0.1, 0.15) is 36.5 Å². The van der Waals surface area contributed by atoms with Crippen molar-refractivity contribution >= 4 is 16.8 Å². The lowest BCUT2D eigenvalue weighted by molar-refractivity contribution is -0.121. The van der Waals surface area contributed by atoms with Gasteiger partial charge in [-0.3, -0.25) is 4.79 Å².